The predicted octanol–water partition coefficient (Wildman–Crippen LogP) is 1.58. The Labute approximate surface area is 176 Å². The zero-order chi connectivity index (χ0) is 22.0. The van der Waals surface area contributed by atoms with E-state index in [9.17, 15) is 14.4 Å². The van der Waals surface area contributed by atoms with Crippen molar-refractivity contribution in [1.29, 1.82) is 0 Å². The molecule has 5 atom stereocenters. The minimum absolute atomic E-state index is 0.0761. The number of fused-ring (bicyclic) bond motifs is 1. The van der Waals surface area contributed by atoms with Crippen LogP contribution in [0.15, 0.2) is 12.7 Å². The fraction of sp³-hybridized carbons (Fsp3) is 0.556. The summed E-state index contributed by atoms with van der Waals surface area (Å²) in [5.41, 5.74) is 0.778. The highest BCUT2D eigenvalue weighted by atomic mass is 35.5. The molecule has 11 nitrogen and oxygen atoms in total. The molecule has 1 fully saturated rings. The van der Waals surface area contributed by atoms with Gasteiger partial charge < -0.3 is 18.9 Å². The van der Waals surface area contributed by atoms with Gasteiger partial charge in [-0.05, 0) is 6.92 Å². The molecule has 1 aliphatic heterocycles. The van der Waals surface area contributed by atoms with E-state index in [-0.39, 0.29) is 11.6 Å². The van der Waals surface area contributed by atoms with Crippen molar-refractivity contribution in [2.45, 2.75) is 64.8 Å². The van der Waals surface area contributed by atoms with Crippen LogP contribution in [0.4, 0.5) is 0 Å². The average Bonchev–Trinajstić information content (AvgIpc) is 3.03. The number of carbonyl (C=O) groups is 3. The van der Waals surface area contributed by atoms with Gasteiger partial charge in [0.15, 0.2) is 23.0 Å². The van der Waals surface area contributed by atoms with Gasteiger partial charge in [-0.1, -0.05) is 11.6 Å². The first-order valence-corrected chi connectivity index (χ1v) is 9.55. The van der Waals surface area contributed by atoms with Crippen LogP contribution >= 0.6 is 11.6 Å². The summed E-state index contributed by atoms with van der Waals surface area (Å²) in [4.78, 5) is 47.5. The lowest BCUT2D eigenvalue weighted by atomic mass is 10.0. The number of halogens is 1. The molecule has 0 saturated carbocycles. The second-order valence-electron chi connectivity index (χ2n) is 6.82. The monoisotopic (exact) mass is 440 g/mol. The van der Waals surface area contributed by atoms with Crippen molar-refractivity contribution in [3.05, 3.63) is 17.8 Å². The van der Waals surface area contributed by atoms with E-state index in [2.05, 4.69) is 15.0 Å². The van der Waals surface area contributed by atoms with Crippen LogP contribution in [0.2, 0.25) is 5.15 Å². The van der Waals surface area contributed by atoms with Gasteiger partial charge >= 0.3 is 17.9 Å². The van der Waals surface area contributed by atoms with Crippen molar-refractivity contribution < 1.29 is 33.3 Å². The van der Waals surface area contributed by atoms with E-state index in [0.717, 1.165) is 0 Å². The molecule has 162 valence electrons. The summed E-state index contributed by atoms with van der Waals surface area (Å²) in [6.07, 6.45) is -1.65. The third kappa shape index (κ3) is 4.68. The molecule has 0 radical (unpaired) electrons. The van der Waals surface area contributed by atoms with Crippen molar-refractivity contribution in [3.8, 4) is 0 Å². The SMILES string of the molecule is CC(=O)O[C@@H]1[C@H](OC(C)=O)[C@@H](C)O[C@H](n2cnc3c(Cl)ncnc32)C[C@@H]1OC(C)=O. The van der Waals surface area contributed by atoms with Crippen LogP contribution in [0.25, 0.3) is 11.2 Å². The molecule has 0 aromatic carbocycles. The zero-order valence-corrected chi connectivity index (χ0v) is 17.5. The number of nitrogens with zero attached hydrogens (tertiary/aromatic N) is 4. The lowest BCUT2D eigenvalue weighted by molar-refractivity contribution is -0.188. The number of rotatable bonds is 4. The Kier molecular flexibility index (Phi) is 6.52. The van der Waals surface area contributed by atoms with Crippen molar-refractivity contribution in [1.82, 2.24) is 19.5 Å². The number of hydrogen-bond donors (Lipinski definition) is 0. The van der Waals surface area contributed by atoms with Gasteiger partial charge in [-0.15, -0.1) is 0 Å². The van der Waals surface area contributed by atoms with Crippen LogP contribution < -0.4 is 0 Å². The van der Waals surface area contributed by atoms with E-state index >= 15 is 0 Å². The van der Waals surface area contributed by atoms with Crippen molar-refractivity contribution in [2.24, 2.45) is 0 Å². The van der Waals surface area contributed by atoms with Crippen LogP contribution in [0.5, 0.6) is 0 Å². The maximum absolute atomic E-state index is 11.7. The number of aromatic nitrogens is 4. The van der Waals surface area contributed by atoms with Crippen LogP contribution in [0, 0.1) is 0 Å². The summed E-state index contributed by atoms with van der Waals surface area (Å²) in [5, 5.41) is 0.174. The molecule has 0 aliphatic carbocycles. The molecule has 2 aromatic heterocycles. The highest BCUT2D eigenvalue weighted by Crippen LogP contribution is 2.33. The quantitative estimate of drug-likeness (QED) is 0.392. The first-order chi connectivity index (χ1) is 14.2. The Morgan fingerprint density at radius 2 is 1.67 bits per heavy atom. The van der Waals surface area contributed by atoms with Gasteiger partial charge in [-0.3, -0.25) is 19.0 Å². The minimum Gasteiger partial charge on any atom is -0.458 e. The molecule has 1 saturated heterocycles. The average molecular weight is 441 g/mol. The number of hydrogen-bond acceptors (Lipinski definition) is 10. The molecular weight excluding hydrogens is 420 g/mol. The first kappa shape index (κ1) is 21.9. The molecule has 0 N–H and O–H groups in total. The highest BCUT2D eigenvalue weighted by Gasteiger charge is 2.46. The normalized spacial score (nSPS) is 26.6. The van der Waals surface area contributed by atoms with Crippen LogP contribution in [-0.4, -0.2) is 61.8 Å². The third-order valence-electron chi connectivity index (χ3n) is 4.50. The van der Waals surface area contributed by atoms with E-state index in [4.69, 9.17) is 30.5 Å². The first-order valence-electron chi connectivity index (χ1n) is 9.17. The number of imidazole rings is 1. The largest absolute Gasteiger partial charge is 0.458 e. The Balaban J connectivity index is 2.04. The topological polar surface area (TPSA) is 132 Å². The zero-order valence-electron chi connectivity index (χ0n) is 16.8. The molecule has 3 heterocycles. The molecule has 30 heavy (non-hydrogen) atoms. The van der Waals surface area contributed by atoms with Gasteiger partial charge in [0.1, 0.15) is 24.2 Å². The number of ether oxygens (including phenoxy) is 4. The fourth-order valence-corrected chi connectivity index (χ4v) is 3.60. The molecule has 12 heteroatoms. The smallest absolute Gasteiger partial charge is 0.303 e. The Bertz CT molecular complexity index is 965. The molecule has 2 aromatic rings. The molecule has 0 spiro atoms. The second-order valence-corrected chi connectivity index (χ2v) is 7.17. The summed E-state index contributed by atoms with van der Waals surface area (Å²) in [7, 11) is 0. The molecule has 1 aliphatic rings. The molecule has 0 amide bonds. The molecule has 0 unspecified atom stereocenters. The van der Waals surface area contributed by atoms with Gasteiger partial charge in [-0.25, -0.2) is 15.0 Å². The maximum Gasteiger partial charge on any atom is 0.303 e. The van der Waals surface area contributed by atoms with E-state index < -0.39 is 48.6 Å². The predicted molar refractivity (Wildman–Crippen MR) is 101 cm³/mol. The van der Waals surface area contributed by atoms with Gasteiger partial charge in [0.25, 0.3) is 0 Å². The summed E-state index contributed by atoms with van der Waals surface area (Å²) >= 11 is 6.08. The molecule has 3 rings (SSSR count). The summed E-state index contributed by atoms with van der Waals surface area (Å²) in [6, 6.07) is 0. The van der Waals surface area contributed by atoms with E-state index in [1.807, 2.05) is 0 Å². The van der Waals surface area contributed by atoms with Crippen LogP contribution in [-0.2, 0) is 33.3 Å². The lowest BCUT2D eigenvalue weighted by Crippen LogP contribution is -2.48. The lowest BCUT2D eigenvalue weighted by Gasteiger charge is -2.31. The standard InChI is InChI=1S/C18H21ClN4O7/c1-8-15(29-10(3)25)16(30-11(4)26)12(28-9(2)24)5-13(27-8)23-7-22-14-17(19)20-6-21-18(14)23/h6-8,12-13,15-16H,5H2,1-4H3/t8-,12+,13+,15-,16+/m1/s1. The Morgan fingerprint density at radius 1 is 1.03 bits per heavy atom. The summed E-state index contributed by atoms with van der Waals surface area (Å²) < 4.78 is 23.9. The highest BCUT2D eigenvalue weighted by molar-refractivity contribution is 6.33. The van der Waals surface area contributed by atoms with Gasteiger partial charge in [0.05, 0.1) is 12.4 Å². The van der Waals surface area contributed by atoms with Gasteiger partial charge in [0.2, 0.25) is 0 Å². The van der Waals surface area contributed by atoms with Crippen LogP contribution in [0.1, 0.15) is 40.3 Å². The van der Waals surface area contributed by atoms with Crippen molar-refractivity contribution >= 4 is 40.7 Å². The third-order valence-corrected chi connectivity index (χ3v) is 4.78. The van der Waals surface area contributed by atoms with Gasteiger partial charge in [0, 0.05) is 27.2 Å². The van der Waals surface area contributed by atoms with Crippen LogP contribution in [0.3, 0.4) is 0 Å². The fourth-order valence-electron chi connectivity index (χ4n) is 3.42. The Hall–Kier alpha value is -2.79. The number of esters is 3. The molecular formula is C18H21ClN4O7. The Morgan fingerprint density at radius 3 is 2.30 bits per heavy atom. The second kappa shape index (κ2) is 8.92. The van der Waals surface area contributed by atoms with E-state index in [0.29, 0.717) is 11.2 Å². The van der Waals surface area contributed by atoms with Crippen molar-refractivity contribution in [3.63, 3.8) is 0 Å². The number of carbonyl (C=O) groups excluding carboxylic acids is 3. The summed E-state index contributed by atoms with van der Waals surface area (Å²) in [6.45, 7) is 5.33. The van der Waals surface area contributed by atoms with Gasteiger partial charge in [-0.2, -0.15) is 0 Å². The van der Waals surface area contributed by atoms with Crippen molar-refractivity contribution in [2.75, 3.05) is 0 Å². The summed E-state index contributed by atoms with van der Waals surface area (Å²) in [5.74, 6) is -1.80. The van der Waals surface area contributed by atoms with E-state index in [1.165, 1.54) is 33.4 Å². The maximum atomic E-state index is 11.7. The minimum atomic E-state index is -1.07. The van der Waals surface area contributed by atoms with E-state index in [1.54, 1.807) is 11.5 Å². The molecule has 0 bridgehead atoms.